The summed E-state index contributed by atoms with van der Waals surface area (Å²) in [6, 6.07) is 0. The van der Waals surface area contributed by atoms with Crippen molar-refractivity contribution in [3.05, 3.63) is 0 Å². The zero-order valence-electron chi connectivity index (χ0n) is 9.82. The van der Waals surface area contributed by atoms with Gasteiger partial charge >= 0.3 is 5.97 Å². The van der Waals surface area contributed by atoms with Crippen molar-refractivity contribution in [1.29, 1.82) is 0 Å². The Bertz CT molecular complexity index is 426. The highest BCUT2D eigenvalue weighted by Gasteiger charge is 2.75. The van der Waals surface area contributed by atoms with Crippen molar-refractivity contribution in [2.24, 2.45) is 5.41 Å². The average Bonchev–Trinajstić information content (AvgIpc) is 2.89. The molecule has 0 aromatic heterocycles. The minimum absolute atomic E-state index is 0.0302. The first-order chi connectivity index (χ1) is 8.06. The molecule has 2 saturated heterocycles. The van der Waals surface area contributed by atoms with Gasteiger partial charge in [-0.25, -0.2) is 4.79 Å². The van der Waals surface area contributed by atoms with Gasteiger partial charge in [-0.3, -0.25) is 9.59 Å². The molecule has 2 heterocycles. The van der Waals surface area contributed by atoms with E-state index in [-0.39, 0.29) is 42.6 Å². The Labute approximate surface area is 99.1 Å². The SMILES string of the molecule is CCOC(=O)[C@]12CC(=O)CN1C(=O)CC21CC1. The Hall–Kier alpha value is -1.39. The Morgan fingerprint density at radius 2 is 2.06 bits per heavy atom. The number of ketones is 1. The van der Waals surface area contributed by atoms with Crippen LogP contribution in [0.1, 0.15) is 32.6 Å². The number of hydrogen-bond donors (Lipinski definition) is 0. The van der Waals surface area contributed by atoms with Gasteiger partial charge in [0.1, 0.15) is 0 Å². The zero-order valence-corrected chi connectivity index (χ0v) is 9.82. The molecule has 3 fully saturated rings. The molecule has 5 heteroatoms. The van der Waals surface area contributed by atoms with E-state index < -0.39 is 5.54 Å². The van der Waals surface area contributed by atoms with E-state index >= 15 is 0 Å². The van der Waals surface area contributed by atoms with Crippen LogP contribution < -0.4 is 0 Å². The third kappa shape index (κ3) is 1.12. The monoisotopic (exact) mass is 237 g/mol. The molecule has 0 bridgehead atoms. The average molecular weight is 237 g/mol. The second kappa shape index (κ2) is 3.09. The number of ether oxygens (including phenoxy) is 1. The van der Waals surface area contributed by atoms with E-state index in [0.717, 1.165) is 12.8 Å². The largest absolute Gasteiger partial charge is 0.464 e. The Morgan fingerprint density at radius 3 is 2.65 bits per heavy atom. The van der Waals surface area contributed by atoms with E-state index in [9.17, 15) is 14.4 Å². The molecular formula is C12H15NO4. The molecule has 5 nitrogen and oxygen atoms in total. The summed E-state index contributed by atoms with van der Waals surface area (Å²) in [7, 11) is 0. The summed E-state index contributed by atoms with van der Waals surface area (Å²) < 4.78 is 5.12. The van der Waals surface area contributed by atoms with Gasteiger partial charge in [-0.2, -0.15) is 0 Å². The highest BCUT2D eigenvalue weighted by molar-refractivity contribution is 6.04. The number of carbonyl (C=O) groups is 3. The maximum Gasteiger partial charge on any atom is 0.333 e. The summed E-state index contributed by atoms with van der Waals surface area (Å²) in [5, 5.41) is 0. The molecule has 0 radical (unpaired) electrons. The third-order valence-corrected chi connectivity index (χ3v) is 4.38. The Kier molecular flexibility index (Phi) is 1.95. The van der Waals surface area contributed by atoms with Crippen LogP contribution in [0, 0.1) is 5.41 Å². The summed E-state index contributed by atoms with van der Waals surface area (Å²) in [6.45, 7) is 2.11. The highest BCUT2D eigenvalue weighted by atomic mass is 16.5. The number of Topliss-reactive ketones (excluding diaryl/α,β-unsaturated/α-hetero) is 1. The summed E-state index contributed by atoms with van der Waals surface area (Å²) in [6.07, 6.45) is 2.25. The Morgan fingerprint density at radius 1 is 1.35 bits per heavy atom. The number of rotatable bonds is 2. The van der Waals surface area contributed by atoms with E-state index in [1.165, 1.54) is 4.90 Å². The van der Waals surface area contributed by atoms with Gasteiger partial charge in [0.15, 0.2) is 11.3 Å². The van der Waals surface area contributed by atoms with Crippen molar-refractivity contribution < 1.29 is 19.1 Å². The second-order valence-electron chi connectivity index (χ2n) is 5.23. The molecule has 1 saturated carbocycles. The predicted molar refractivity (Wildman–Crippen MR) is 57.0 cm³/mol. The second-order valence-corrected chi connectivity index (χ2v) is 5.23. The fourth-order valence-corrected chi connectivity index (χ4v) is 3.44. The van der Waals surface area contributed by atoms with Gasteiger partial charge in [0.25, 0.3) is 0 Å². The van der Waals surface area contributed by atoms with Crippen molar-refractivity contribution >= 4 is 17.7 Å². The maximum absolute atomic E-state index is 12.2. The molecule has 2 aliphatic heterocycles. The summed E-state index contributed by atoms with van der Waals surface area (Å²) >= 11 is 0. The molecule has 1 aliphatic carbocycles. The standard InChI is InChI=1S/C12H15NO4/c1-2-17-10(16)12-5-8(14)7-13(12)9(15)6-11(12)3-4-11/h2-7H2,1H3/t12-/m0/s1. The van der Waals surface area contributed by atoms with Crippen molar-refractivity contribution in [2.45, 2.75) is 38.1 Å². The van der Waals surface area contributed by atoms with Crippen LogP contribution in [0.3, 0.4) is 0 Å². The molecule has 0 N–H and O–H groups in total. The summed E-state index contributed by atoms with van der Waals surface area (Å²) in [5.74, 6) is -0.479. The lowest BCUT2D eigenvalue weighted by molar-refractivity contribution is -0.160. The summed E-state index contributed by atoms with van der Waals surface area (Å²) in [4.78, 5) is 37.3. The van der Waals surface area contributed by atoms with Crippen molar-refractivity contribution in [1.82, 2.24) is 4.90 Å². The quantitative estimate of drug-likeness (QED) is 0.647. The number of amides is 1. The van der Waals surface area contributed by atoms with Crippen LogP contribution in [-0.2, 0) is 19.1 Å². The molecule has 1 amide bonds. The fourth-order valence-electron chi connectivity index (χ4n) is 3.44. The van der Waals surface area contributed by atoms with E-state index in [1.54, 1.807) is 6.92 Å². The predicted octanol–water partition coefficient (Wildman–Crippen LogP) is 0.274. The van der Waals surface area contributed by atoms with E-state index in [1.807, 2.05) is 0 Å². The lowest BCUT2D eigenvalue weighted by Crippen LogP contribution is -2.53. The normalized spacial score (nSPS) is 33.1. The smallest absolute Gasteiger partial charge is 0.333 e. The van der Waals surface area contributed by atoms with Gasteiger partial charge in [0.05, 0.1) is 13.2 Å². The molecular weight excluding hydrogens is 222 g/mol. The maximum atomic E-state index is 12.2. The van der Waals surface area contributed by atoms with Gasteiger partial charge in [0, 0.05) is 18.3 Å². The number of hydrogen-bond acceptors (Lipinski definition) is 4. The first kappa shape index (κ1) is 10.7. The fraction of sp³-hybridized carbons (Fsp3) is 0.750. The molecule has 92 valence electrons. The van der Waals surface area contributed by atoms with Gasteiger partial charge in [-0.15, -0.1) is 0 Å². The molecule has 1 atom stereocenters. The minimum Gasteiger partial charge on any atom is -0.464 e. The topological polar surface area (TPSA) is 63.7 Å². The summed E-state index contributed by atoms with van der Waals surface area (Å²) in [5.41, 5.74) is -1.26. The molecule has 3 rings (SSSR count). The van der Waals surface area contributed by atoms with Crippen molar-refractivity contribution in [3.63, 3.8) is 0 Å². The number of carbonyl (C=O) groups excluding carboxylic acids is 3. The van der Waals surface area contributed by atoms with Crippen LogP contribution in [0.25, 0.3) is 0 Å². The van der Waals surface area contributed by atoms with Gasteiger partial charge in [-0.05, 0) is 19.8 Å². The van der Waals surface area contributed by atoms with Crippen LogP contribution in [0.2, 0.25) is 0 Å². The lowest BCUT2D eigenvalue weighted by atomic mass is 9.80. The van der Waals surface area contributed by atoms with Crippen molar-refractivity contribution in [3.8, 4) is 0 Å². The van der Waals surface area contributed by atoms with E-state index in [0.29, 0.717) is 6.42 Å². The van der Waals surface area contributed by atoms with E-state index in [4.69, 9.17) is 4.74 Å². The third-order valence-electron chi connectivity index (χ3n) is 4.38. The molecule has 0 aromatic rings. The van der Waals surface area contributed by atoms with Crippen molar-refractivity contribution in [2.75, 3.05) is 13.2 Å². The highest BCUT2D eigenvalue weighted by Crippen LogP contribution is 2.66. The van der Waals surface area contributed by atoms with Crippen LogP contribution in [0.4, 0.5) is 0 Å². The van der Waals surface area contributed by atoms with Gasteiger partial charge in [-0.1, -0.05) is 0 Å². The Balaban J connectivity index is 2.05. The zero-order chi connectivity index (χ0) is 12.3. The van der Waals surface area contributed by atoms with Crippen LogP contribution in [0.5, 0.6) is 0 Å². The lowest BCUT2D eigenvalue weighted by Gasteiger charge is -2.33. The van der Waals surface area contributed by atoms with Crippen LogP contribution in [-0.4, -0.2) is 41.3 Å². The first-order valence-corrected chi connectivity index (χ1v) is 6.05. The minimum atomic E-state index is -0.961. The molecule has 1 spiro atoms. The molecule has 3 aliphatic rings. The molecule has 17 heavy (non-hydrogen) atoms. The molecule has 0 unspecified atom stereocenters. The van der Waals surface area contributed by atoms with Gasteiger partial charge < -0.3 is 9.64 Å². The molecule has 0 aromatic carbocycles. The van der Waals surface area contributed by atoms with Crippen LogP contribution >= 0.6 is 0 Å². The first-order valence-electron chi connectivity index (χ1n) is 6.05. The van der Waals surface area contributed by atoms with Crippen LogP contribution in [0.15, 0.2) is 0 Å². The van der Waals surface area contributed by atoms with Gasteiger partial charge in [0.2, 0.25) is 5.91 Å². The number of esters is 1. The number of nitrogens with zero attached hydrogens (tertiary/aromatic N) is 1. The van der Waals surface area contributed by atoms with E-state index in [2.05, 4.69) is 0 Å². The number of fused-ring (bicyclic) bond motifs is 2.